The number of benzene rings is 2. The van der Waals surface area contributed by atoms with Crippen LogP contribution in [-0.4, -0.2) is 25.9 Å². The van der Waals surface area contributed by atoms with Crippen molar-refractivity contribution in [2.24, 2.45) is 0 Å². The molecule has 0 heterocycles. The molecule has 0 radical (unpaired) electrons. The first-order valence-electron chi connectivity index (χ1n) is 6.89. The van der Waals surface area contributed by atoms with Gasteiger partial charge in [0.25, 0.3) is 5.91 Å². The van der Waals surface area contributed by atoms with Gasteiger partial charge in [-0.05, 0) is 35.9 Å². The van der Waals surface area contributed by atoms with Gasteiger partial charge in [0.05, 0.1) is 12.7 Å². The maximum Gasteiger partial charge on any atom is 0.258 e. The largest absolute Gasteiger partial charge is 0.497 e. The molecule has 1 amide bonds. The summed E-state index contributed by atoms with van der Waals surface area (Å²) in [6.45, 7) is 0.166. The summed E-state index contributed by atoms with van der Waals surface area (Å²) in [6, 6.07) is 12.0. The van der Waals surface area contributed by atoms with Gasteiger partial charge in [-0.15, -0.1) is 0 Å². The highest BCUT2D eigenvalue weighted by Crippen LogP contribution is 2.22. The summed E-state index contributed by atoms with van der Waals surface area (Å²) in [6.07, 6.45) is 0.654. The van der Waals surface area contributed by atoms with Crippen molar-refractivity contribution >= 4 is 23.8 Å². The Bertz CT molecular complexity index is 703. The average molecular weight is 334 g/mol. The standard InChI is InChI=1S/C17H16ClNO4/c1-22-15-5-6-16(13(8-15)10-20)23-11-17(21)19-9-12-3-2-4-14(18)7-12/h2-8,10H,9,11H2,1H3,(H,19,21). The Morgan fingerprint density at radius 3 is 2.78 bits per heavy atom. The van der Waals surface area contributed by atoms with Gasteiger partial charge in [-0.1, -0.05) is 23.7 Å². The summed E-state index contributed by atoms with van der Waals surface area (Å²) in [5.74, 6) is 0.584. The lowest BCUT2D eigenvalue weighted by Crippen LogP contribution is -2.28. The molecule has 0 saturated carbocycles. The van der Waals surface area contributed by atoms with Crippen molar-refractivity contribution in [2.45, 2.75) is 6.54 Å². The monoisotopic (exact) mass is 333 g/mol. The summed E-state index contributed by atoms with van der Waals surface area (Å²) in [7, 11) is 1.51. The van der Waals surface area contributed by atoms with E-state index in [1.54, 1.807) is 30.3 Å². The normalized spacial score (nSPS) is 10.0. The minimum Gasteiger partial charge on any atom is -0.497 e. The Morgan fingerprint density at radius 2 is 2.09 bits per heavy atom. The summed E-state index contributed by atoms with van der Waals surface area (Å²) in [5.41, 5.74) is 1.22. The van der Waals surface area contributed by atoms with E-state index in [0.717, 1.165) is 5.56 Å². The van der Waals surface area contributed by atoms with Crippen molar-refractivity contribution < 1.29 is 19.1 Å². The topological polar surface area (TPSA) is 64.6 Å². The molecule has 0 aliphatic heterocycles. The fourth-order valence-electron chi connectivity index (χ4n) is 1.92. The highest BCUT2D eigenvalue weighted by molar-refractivity contribution is 6.30. The van der Waals surface area contributed by atoms with E-state index in [-0.39, 0.29) is 12.5 Å². The Balaban J connectivity index is 1.88. The lowest BCUT2D eigenvalue weighted by Gasteiger charge is -2.10. The molecular formula is C17H16ClNO4. The summed E-state index contributed by atoms with van der Waals surface area (Å²) in [4.78, 5) is 22.8. The fourth-order valence-corrected chi connectivity index (χ4v) is 2.13. The highest BCUT2D eigenvalue weighted by atomic mass is 35.5. The predicted molar refractivity (Wildman–Crippen MR) is 87.2 cm³/mol. The van der Waals surface area contributed by atoms with E-state index in [1.165, 1.54) is 7.11 Å². The van der Waals surface area contributed by atoms with Gasteiger partial charge in [0, 0.05) is 11.6 Å². The van der Waals surface area contributed by atoms with E-state index in [4.69, 9.17) is 21.1 Å². The van der Waals surface area contributed by atoms with Crippen molar-refractivity contribution in [3.63, 3.8) is 0 Å². The molecule has 0 aliphatic carbocycles. The van der Waals surface area contributed by atoms with Crippen LogP contribution in [0.4, 0.5) is 0 Å². The predicted octanol–water partition coefficient (Wildman–Crippen LogP) is 2.86. The molecule has 120 valence electrons. The van der Waals surface area contributed by atoms with Crippen LogP contribution in [0.15, 0.2) is 42.5 Å². The molecule has 5 nitrogen and oxygen atoms in total. The number of carbonyl (C=O) groups is 2. The highest BCUT2D eigenvalue weighted by Gasteiger charge is 2.08. The number of rotatable bonds is 7. The van der Waals surface area contributed by atoms with E-state index in [0.29, 0.717) is 34.9 Å². The molecule has 0 atom stereocenters. The number of amides is 1. The van der Waals surface area contributed by atoms with Gasteiger partial charge in [-0.2, -0.15) is 0 Å². The smallest absolute Gasteiger partial charge is 0.258 e. The number of nitrogens with one attached hydrogen (secondary N) is 1. The van der Waals surface area contributed by atoms with Gasteiger partial charge in [0.1, 0.15) is 11.5 Å². The van der Waals surface area contributed by atoms with Crippen molar-refractivity contribution in [3.8, 4) is 11.5 Å². The molecule has 0 aromatic heterocycles. The van der Waals surface area contributed by atoms with E-state index >= 15 is 0 Å². The van der Waals surface area contributed by atoms with Crippen LogP contribution in [-0.2, 0) is 11.3 Å². The molecule has 0 unspecified atom stereocenters. The molecule has 0 aliphatic rings. The number of aldehydes is 1. The maximum absolute atomic E-state index is 11.8. The van der Waals surface area contributed by atoms with Gasteiger partial charge < -0.3 is 14.8 Å². The van der Waals surface area contributed by atoms with E-state index < -0.39 is 0 Å². The fraction of sp³-hybridized carbons (Fsp3) is 0.176. The Morgan fingerprint density at radius 1 is 1.26 bits per heavy atom. The maximum atomic E-state index is 11.8. The van der Waals surface area contributed by atoms with Crippen molar-refractivity contribution in [3.05, 3.63) is 58.6 Å². The molecule has 0 spiro atoms. The second kappa shape index (κ2) is 8.19. The third kappa shape index (κ3) is 5.00. The third-order valence-electron chi connectivity index (χ3n) is 3.08. The molecule has 2 rings (SSSR count). The minimum atomic E-state index is -0.294. The van der Waals surface area contributed by atoms with Crippen molar-refractivity contribution in [1.29, 1.82) is 0 Å². The second-order valence-corrected chi connectivity index (χ2v) is 5.15. The van der Waals surface area contributed by atoms with Gasteiger partial charge >= 0.3 is 0 Å². The average Bonchev–Trinajstić information content (AvgIpc) is 2.58. The zero-order chi connectivity index (χ0) is 16.7. The van der Waals surface area contributed by atoms with Gasteiger partial charge in [-0.3, -0.25) is 9.59 Å². The molecule has 1 N–H and O–H groups in total. The van der Waals surface area contributed by atoms with Crippen LogP contribution in [0.25, 0.3) is 0 Å². The van der Waals surface area contributed by atoms with Gasteiger partial charge in [0.2, 0.25) is 0 Å². The SMILES string of the molecule is COc1ccc(OCC(=O)NCc2cccc(Cl)c2)c(C=O)c1. The molecule has 6 heteroatoms. The molecule has 0 bridgehead atoms. The Kier molecular flexibility index (Phi) is 6.00. The van der Waals surface area contributed by atoms with Crippen LogP contribution in [0.5, 0.6) is 11.5 Å². The Labute approximate surface area is 139 Å². The van der Waals surface area contributed by atoms with Crippen molar-refractivity contribution in [1.82, 2.24) is 5.32 Å². The van der Waals surface area contributed by atoms with Crippen LogP contribution in [0.2, 0.25) is 5.02 Å². The number of hydrogen-bond acceptors (Lipinski definition) is 4. The first-order chi connectivity index (χ1) is 11.1. The first-order valence-corrected chi connectivity index (χ1v) is 7.27. The summed E-state index contributed by atoms with van der Waals surface area (Å²) < 4.78 is 10.4. The quantitative estimate of drug-likeness (QED) is 0.791. The molecule has 0 fully saturated rings. The number of halogens is 1. The molecular weight excluding hydrogens is 318 g/mol. The van der Waals surface area contributed by atoms with Crippen LogP contribution >= 0.6 is 11.6 Å². The number of carbonyl (C=O) groups excluding carboxylic acids is 2. The van der Waals surface area contributed by atoms with Gasteiger partial charge in [0.15, 0.2) is 12.9 Å². The molecule has 2 aromatic carbocycles. The van der Waals surface area contributed by atoms with Crippen LogP contribution in [0.3, 0.4) is 0 Å². The third-order valence-corrected chi connectivity index (χ3v) is 3.32. The lowest BCUT2D eigenvalue weighted by atomic mass is 10.2. The van der Waals surface area contributed by atoms with Gasteiger partial charge in [-0.25, -0.2) is 0 Å². The second-order valence-electron chi connectivity index (χ2n) is 4.72. The number of methoxy groups -OCH3 is 1. The van der Waals surface area contributed by atoms with E-state index in [2.05, 4.69) is 5.32 Å². The van der Waals surface area contributed by atoms with Crippen molar-refractivity contribution in [2.75, 3.05) is 13.7 Å². The molecule has 2 aromatic rings. The number of ether oxygens (including phenoxy) is 2. The lowest BCUT2D eigenvalue weighted by molar-refractivity contribution is -0.123. The molecule has 23 heavy (non-hydrogen) atoms. The van der Waals surface area contributed by atoms with Crippen LogP contribution in [0.1, 0.15) is 15.9 Å². The first kappa shape index (κ1) is 16.8. The van der Waals surface area contributed by atoms with E-state index in [9.17, 15) is 9.59 Å². The van der Waals surface area contributed by atoms with E-state index in [1.807, 2.05) is 12.1 Å². The molecule has 0 saturated heterocycles. The number of hydrogen-bond donors (Lipinski definition) is 1. The summed E-state index contributed by atoms with van der Waals surface area (Å²) >= 11 is 5.88. The summed E-state index contributed by atoms with van der Waals surface area (Å²) in [5, 5.41) is 3.33. The van der Waals surface area contributed by atoms with Crippen LogP contribution in [0, 0.1) is 0 Å². The minimum absolute atomic E-state index is 0.187. The zero-order valence-electron chi connectivity index (χ0n) is 12.5. The zero-order valence-corrected chi connectivity index (χ0v) is 13.3. The Hall–Kier alpha value is -2.53. The van der Waals surface area contributed by atoms with Crippen LogP contribution < -0.4 is 14.8 Å².